The summed E-state index contributed by atoms with van der Waals surface area (Å²) in [4.78, 5) is 0. The fourth-order valence-electron chi connectivity index (χ4n) is 9.68. The first-order chi connectivity index (χ1) is 31.6. The number of hydrogen-bond acceptors (Lipinski definition) is 4. The Morgan fingerprint density at radius 1 is 0.328 bits per heavy atom. The van der Waals surface area contributed by atoms with Gasteiger partial charge in [0.05, 0.1) is 37.6 Å². The molecule has 64 heavy (non-hydrogen) atoms. The molecule has 0 N–H and O–H groups in total. The fourth-order valence-corrected chi connectivity index (χ4v) is 10.8. The van der Waals surface area contributed by atoms with Gasteiger partial charge in [0, 0.05) is 20.1 Å². The number of unbranched alkanes of at least 4 members (excludes halogenated alkanes) is 18. The van der Waals surface area contributed by atoms with Crippen LogP contribution in [-0.4, -0.2) is 26.4 Å². The zero-order valence-corrected chi connectivity index (χ0v) is 43.9. The third-order valence-electron chi connectivity index (χ3n) is 13.6. The van der Waals surface area contributed by atoms with Crippen LogP contribution in [0.25, 0.3) is 22.3 Å². The van der Waals surface area contributed by atoms with E-state index in [-0.39, 0.29) is 0 Å². The second-order valence-electron chi connectivity index (χ2n) is 19.2. The molecule has 0 fully saturated rings. The summed E-state index contributed by atoms with van der Waals surface area (Å²) in [6.07, 6.45) is 42.8. The molecule has 6 heteroatoms. The van der Waals surface area contributed by atoms with Gasteiger partial charge in [0.2, 0.25) is 0 Å². The fraction of sp³-hybridized carbons (Fsp3) is 0.690. The summed E-state index contributed by atoms with van der Waals surface area (Å²) >= 11 is 8.25. The number of fused-ring (bicyclic) bond motifs is 18. The Morgan fingerprint density at radius 2 is 0.578 bits per heavy atom. The van der Waals surface area contributed by atoms with Crippen molar-refractivity contribution in [2.24, 2.45) is 0 Å². The second-order valence-corrected chi connectivity index (χ2v) is 21.0. The van der Waals surface area contributed by atoms with Crippen LogP contribution in [0, 0.1) is 0 Å². The summed E-state index contributed by atoms with van der Waals surface area (Å²) < 4.78 is 29.4. The average molecular weight is 1010 g/mol. The van der Waals surface area contributed by atoms with Crippen molar-refractivity contribution in [1.29, 1.82) is 0 Å². The van der Waals surface area contributed by atoms with E-state index in [1.165, 1.54) is 191 Å². The predicted octanol–water partition coefficient (Wildman–Crippen LogP) is 19.7. The van der Waals surface area contributed by atoms with Crippen molar-refractivity contribution in [3.05, 3.63) is 56.5 Å². The van der Waals surface area contributed by atoms with Gasteiger partial charge >= 0.3 is 0 Å². The maximum absolute atomic E-state index is 6.86. The number of benzene rings is 3. The van der Waals surface area contributed by atoms with Gasteiger partial charge in [-0.2, -0.15) is 0 Å². The lowest BCUT2D eigenvalue weighted by Crippen LogP contribution is -2.06. The van der Waals surface area contributed by atoms with E-state index >= 15 is 0 Å². The number of hydrogen-bond donors (Lipinski definition) is 0. The Kier molecular flexibility index (Phi) is 26.8. The summed E-state index contributed by atoms with van der Waals surface area (Å²) in [5, 5.41) is 0. The van der Waals surface area contributed by atoms with E-state index in [0.717, 1.165) is 92.7 Å². The van der Waals surface area contributed by atoms with Crippen LogP contribution >= 0.6 is 31.9 Å². The van der Waals surface area contributed by atoms with Gasteiger partial charge in [-0.1, -0.05) is 213 Å². The molecule has 0 aromatic heterocycles. The molecule has 4 bridgehead atoms. The van der Waals surface area contributed by atoms with Crippen molar-refractivity contribution >= 4 is 31.9 Å². The molecule has 0 aliphatic carbocycles. The van der Waals surface area contributed by atoms with E-state index < -0.39 is 0 Å². The van der Waals surface area contributed by atoms with Crippen molar-refractivity contribution in [2.45, 2.75) is 232 Å². The van der Waals surface area contributed by atoms with Crippen molar-refractivity contribution in [3.8, 4) is 45.3 Å². The number of ether oxygens (including phenoxy) is 4. The molecular weight excluding hydrogens is 920 g/mol. The van der Waals surface area contributed by atoms with E-state index in [1.807, 2.05) is 0 Å². The summed E-state index contributed by atoms with van der Waals surface area (Å²) in [5.41, 5.74) is 6.91. The highest BCUT2D eigenvalue weighted by Crippen LogP contribution is 2.50. The molecule has 0 atom stereocenters. The van der Waals surface area contributed by atoms with Crippen LogP contribution in [-0.2, 0) is 12.8 Å². The molecule has 4 nitrogen and oxygen atoms in total. The van der Waals surface area contributed by atoms with Crippen molar-refractivity contribution in [2.75, 3.05) is 26.4 Å². The summed E-state index contributed by atoms with van der Waals surface area (Å²) in [6, 6.07) is 13.9. The van der Waals surface area contributed by atoms with Gasteiger partial charge in [0.15, 0.2) is 0 Å². The zero-order chi connectivity index (χ0) is 44.9. The Hall–Kier alpha value is -2.18. The molecule has 7 rings (SSSR count). The summed E-state index contributed by atoms with van der Waals surface area (Å²) in [6.45, 7) is 7.45. The molecule has 4 aliphatic heterocycles. The van der Waals surface area contributed by atoms with E-state index in [1.54, 1.807) is 0 Å². The third kappa shape index (κ3) is 19.2. The van der Waals surface area contributed by atoms with Crippen molar-refractivity contribution in [3.63, 3.8) is 0 Å². The first-order valence-corrected chi connectivity index (χ1v) is 28.5. The molecular formula is C58H88Br2O4. The van der Waals surface area contributed by atoms with E-state index in [4.69, 9.17) is 18.9 Å². The quantitative estimate of drug-likeness (QED) is 0.0940. The number of rotatable bonds is 22. The Balaban J connectivity index is 1.45. The molecule has 0 saturated heterocycles. The van der Waals surface area contributed by atoms with Crippen LogP contribution in [0.3, 0.4) is 0 Å². The Bertz CT molecular complexity index is 1530. The standard InChI is InChI=1S/C58H88Br2O4/c1-3-5-7-9-11-13-15-17-23-29-35-47-41-53-57-49-45-52(60)50(46-51(49)59)58-55(63-39-33-27-21-19-25-31-37-61-53)43-48(36-30-24-18-16-14-12-10-8-6-4-2)44-56(58)64-40-34-28-22-20-26-32-38-62-54(57)42-47/h41-46H,3-40H2,1-2H3. The highest BCUT2D eigenvalue weighted by atomic mass is 79.9. The monoisotopic (exact) mass is 1010 g/mol. The van der Waals surface area contributed by atoms with Crippen LogP contribution < -0.4 is 18.9 Å². The normalized spacial score (nSPS) is 15.4. The zero-order valence-electron chi connectivity index (χ0n) is 40.7. The van der Waals surface area contributed by atoms with Gasteiger partial charge in [0.1, 0.15) is 23.0 Å². The number of aryl methyl sites for hydroxylation is 2. The molecule has 4 heterocycles. The van der Waals surface area contributed by atoms with Gasteiger partial charge in [-0.05, 0) is 98.9 Å². The topological polar surface area (TPSA) is 36.9 Å². The molecule has 358 valence electrons. The van der Waals surface area contributed by atoms with E-state index in [2.05, 4.69) is 82.1 Å². The largest absolute Gasteiger partial charge is 0.493 e. The molecule has 0 radical (unpaired) electrons. The molecule has 0 unspecified atom stereocenters. The Labute approximate surface area is 408 Å². The lowest BCUT2D eigenvalue weighted by molar-refractivity contribution is 0.284. The SMILES string of the molecule is CCCCCCCCCCCCc1cc2c3c(c1)OCCCCCCCCOc1cc(CCCCCCCCCCCC)cc(c1-c1cc(Br)c-3cc1Br)OCCCCCCCCO2. The molecule has 0 amide bonds. The van der Waals surface area contributed by atoms with Gasteiger partial charge in [-0.3, -0.25) is 0 Å². The van der Waals surface area contributed by atoms with Gasteiger partial charge in [-0.25, -0.2) is 0 Å². The molecule has 3 aromatic rings. The molecule has 4 aliphatic rings. The second kappa shape index (κ2) is 32.5. The third-order valence-corrected chi connectivity index (χ3v) is 14.9. The minimum Gasteiger partial charge on any atom is -0.493 e. The lowest BCUT2D eigenvalue weighted by Gasteiger charge is -2.23. The Morgan fingerprint density at radius 3 is 0.859 bits per heavy atom. The maximum Gasteiger partial charge on any atom is 0.131 e. The number of halogens is 2. The van der Waals surface area contributed by atoms with Crippen LogP contribution in [0.2, 0.25) is 0 Å². The molecule has 0 spiro atoms. The van der Waals surface area contributed by atoms with Crippen molar-refractivity contribution < 1.29 is 18.9 Å². The summed E-state index contributed by atoms with van der Waals surface area (Å²) in [5.74, 6) is 3.78. The minimum atomic E-state index is 0.712. The molecule has 3 aromatic carbocycles. The minimum absolute atomic E-state index is 0.712. The van der Waals surface area contributed by atoms with Gasteiger partial charge < -0.3 is 18.9 Å². The highest BCUT2D eigenvalue weighted by Gasteiger charge is 2.24. The van der Waals surface area contributed by atoms with E-state index in [0.29, 0.717) is 26.4 Å². The predicted molar refractivity (Wildman–Crippen MR) is 281 cm³/mol. The molecule has 0 saturated carbocycles. The van der Waals surface area contributed by atoms with Gasteiger partial charge in [-0.15, -0.1) is 0 Å². The van der Waals surface area contributed by atoms with Crippen LogP contribution in [0.5, 0.6) is 23.0 Å². The first-order valence-electron chi connectivity index (χ1n) is 26.9. The van der Waals surface area contributed by atoms with Crippen LogP contribution in [0.4, 0.5) is 0 Å². The van der Waals surface area contributed by atoms with Crippen molar-refractivity contribution in [1.82, 2.24) is 0 Å². The van der Waals surface area contributed by atoms with Crippen LogP contribution in [0.15, 0.2) is 45.3 Å². The smallest absolute Gasteiger partial charge is 0.131 e. The van der Waals surface area contributed by atoms with E-state index in [9.17, 15) is 0 Å². The first kappa shape index (κ1) is 52.8. The van der Waals surface area contributed by atoms with Gasteiger partial charge in [0.25, 0.3) is 0 Å². The lowest BCUT2D eigenvalue weighted by atomic mass is 9.94. The van der Waals surface area contributed by atoms with Crippen LogP contribution in [0.1, 0.15) is 230 Å². The summed E-state index contributed by atoms with van der Waals surface area (Å²) in [7, 11) is 0. The highest BCUT2D eigenvalue weighted by molar-refractivity contribution is 9.11. The maximum atomic E-state index is 6.86. The average Bonchev–Trinajstić information content (AvgIpc) is 3.29.